The minimum atomic E-state index is -2.48. The van der Waals surface area contributed by atoms with Crippen molar-refractivity contribution >= 4 is 0 Å². The second-order valence-electron chi connectivity index (χ2n) is 5.52. The maximum absolute atomic E-state index is 13.1. The molecule has 1 unspecified atom stereocenters. The molecule has 2 aliphatic heterocycles. The average molecular weight is 205 g/mol. The summed E-state index contributed by atoms with van der Waals surface area (Å²) in [5.74, 6) is -2.48. The van der Waals surface area contributed by atoms with Crippen LogP contribution in [0.5, 0.6) is 0 Å². The Bertz CT molecular complexity index is 293. The van der Waals surface area contributed by atoms with Gasteiger partial charge in [0.25, 0.3) is 5.92 Å². The molecule has 0 bridgehead atoms. The van der Waals surface area contributed by atoms with Gasteiger partial charge in [-0.2, -0.15) is 0 Å². The van der Waals surface area contributed by atoms with E-state index in [-0.39, 0.29) is 12.0 Å². The molecule has 1 spiro atoms. The van der Waals surface area contributed by atoms with Crippen LogP contribution in [0.2, 0.25) is 0 Å². The maximum Gasteiger partial charge on any atom is 0.255 e. The molecule has 0 aromatic rings. The molecule has 3 aliphatic rings. The lowest BCUT2D eigenvalue weighted by molar-refractivity contribution is 0.0645. The van der Waals surface area contributed by atoms with Crippen molar-refractivity contribution < 1.29 is 13.2 Å². The minimum absolute atomic E-state index is 0.0169. The number of rotatable bonds is 0. The summed E-state index contributed by atoms with van der Waals surface area (Å²) in [7, 11) is 0. The van der Waals surface area contributed by atoms with E-state index >= 15 is 0 Å². The molecule has 1 nitrogen and oxygen atoms in total. The van der Waals surface area contributed by atoms with E-state index in [0.29, 0.717) is 25.9 Å². The fraction of sp³-hybridized carbons (Fsp3) is 1.00. The summed E-state index contributed by atoms with van der Waals surface area (Å²) in [6.07, 6.45) is 0.117. The highest BCUT2D eigenvalue weighted by Gasteiger charge is 2.76. The number of hydrogen-bond acceptors (Lipinski definition) is 1. The van der Waals surface area contributed by atoms with Gasteiger partial charge in [0.05, 0.1) is 5.41 Å². The minimum Gasteiger partial charge on any atom is -0.294 e. The summed E-state index contributed by atoms with van der Waals surface area (Å²) in [4.78, 5) is 1.93. The van der Waals surface area contributed by atoms with E-state index in [1.165, 1.54) is 0 Å². The lowest BCUT2D eigenvalue weighted by atomic mass is 9.90. The zero-order chi connectivity index (χ0) is 10.2. The molecule has 0 aromatic heterocycles. The van der Waals surface area contributed by atoms with Crippen molar-refractivity contribution in [1.29, 1.82) is 0 Å². The van der Waals surface area contributed by atoms with E-state index in [1.807, 2.05) is 11.8 Å². The standard InChI is InChI=1S/C10H14F3N/c1-8-2-7(11)3-14(8)6-9(4-8)5-10(9,12)13/h7H,2-6H2,1H3/t7-,8-,9?/m0/s1. The van der Waals surface area contributed by atoms with Crippen LogP contribution in [0.3, 0.4) is 0 Å². The number of fused-ring (bicyclic) bond motifs is 1. The molecule has 3 rings (SSSR count). The van der Waals surface area contributed by atoms with Crippen LogP contribution >= 0.6 is 0 Å². The van der Waals surface area contributed by atoms with Crippen LogP contribution in [0.15, 0.2) is 0 Å². The van der Waals surface area contributed by atoms with Gasteiger partial charge in [-0.25, -0.2) is 13.2 Å². The van der Waals surface area contributed by atoms with Gasteiger partial charge < -0.3 is 0 Å². The highest BCUT2D eigenvalue weighted by atomic mass is 19.3. The summed E-state index contributed by atoms with van der Waals surface area (Å²) in [5.41, 5.74) is -1.08. The molecule has 0 radical (unpaired) electrons. The number of alkyl halides is 3. The van der Waals surface area contributed by atoms with Gasteiger partial charge in [-0.1, -0.05) is 0 Å². The van der Waals surface area contributed by atoms with Crippen LogP contribution in [-0.2, 0) is 0 Å². The number of hydrogen-bond donors (Lipinski definition) is 0. The zero-order valence-corrected chi connectivity index (χ0v) is 8.19. The number of nitrogens with zero attached hydrogens (tertiary/aromatic N) is 1. The lowest BCUT2D eigenvalue weighted by Crippen LogP contribution is -2.34. The molecular weight excluding hydrogens is 191 g/mol. The molecule has 0 amide bonds. The van der Waals surface area contributed by atoms with Gasteiger partial charge in [0.2, 0.25) is 0 Å². The Kier molecular flexibility index (Phi) is 1.37. The molecule has 2 saturated heterocycles. The molecule has 14 heavy (non-hydrogen) atoms. The zero-order valence-electron chi connectivity index (χ0n) is 8.19. The van der Waals surface area contributed by atoms with Gasteiger partial charge in [-0.3, -0.25) is 4.90 Å². The Hall–Kier alpha value is -0.250. The summed E-state index contributed by atoms with van der Waals surface area (Å²) < 4.78 is 39.4. The average Bonchev–Trinajstić information content (AvgIpc) is 2.28. The van der Waals surface area contributed by atoms with Gasteiger partial charge in [-0.15, -0.1) is 0 Å². The normalized spacial score (nSPS) is 55.3. The Morgan fingerprint density at radius 1 is 1.29 bits per heavy atom. The van der Waals surface area contributed by atoms with Gasteiger partial charge in [0.15, 0.2) is 0 Å². The highest BCUT2D eigenvalue weighted by molar-refractivity contribution is 5.21. The quantitative estimate of drug-likeness (QED) is 0.586. The predicted molar refractivity (Wildman–Crippen MR) is 46.1 cm³/mol. The van der Waals surface area contributed by atoms with E-state index in [0.717, 1.165) is 0 Å². The molecule has 0 aromatic carbocycles. The number of halogens is 3. The first-order valence-corrected chi connectivity index (χ1v) is 5.14. The van der Waals surface area contributed by atoms with Gasteiger partial charge in [-0.05, 0) is 19.8 Å². The van der Waals surface area contributed by atoms with Gasteiger partial charge in [0, 0.05) is 25.0 Å². The fourth-order valence-electron chi connectivity index (χ4n) is 3.46. The molecule has 80 valence electrons. The molecule has 3 fully saturated rings. The lowest BCUT2D eigenvalue weighted by Gasteiger charge is -2.25. The highest BCUT2D eigenvalue weighted by Crippen LogP contribution is 2.69. The Balaban J connectivity index is 1.85. The summed E-state index contributed by atoms with van der Waals surface area (Å²) in [6.45, 7) is 2.68. The van der Waals surface area contributed by atoms with E-state index in [9.17, 15) is 13.2 Å². The second-order valence-corrected chi connectivity index (χ2v) is 5.52. The van der Waals surface area contributed by atoms with Crippen molar-refractivity contribution in [3.63, 3.8) is 0 Å². The van der Waals surface area contributed by atoms with Crippen LogP contribution in [0, 0.1) is 5.41 Å². The molecule has 2 heterocycles. The Morgan fingerprint density at radius 3 is 2.43 bits per heavy atom. The van der Waals surface area contributed by atoms with E-state index < -0.39 is 17.5 Å². The first-order valence-electron chi connectivity index (χ1n) is 5.14. The van der Waals surface area contributed by atoms with E-state index in [1.54, 1.807) is 0 Å². The van der Waals surface area contributed by atoms with Gasteiger partial charge in [0.1, 0.15) is 6.17 Å². The molecular formula is C10H14F3N. The smallest absolute Gasteiger partial charge is 0.255 e. The van der Waals surface area contributed by atoms with Crippen molar-refractivity contribution in [3.05, 3.63) is 0 Å². The van der Waals surface area contributed by atoms with E-state index in [2.05, 4.69) is 0 Å². The summed E-state index contributed by atoms with van der Waals surface area (Å²) >= 11 is 0. The van der Waals surface area contributed by atoms with Crippen molar-refractivity contribution in [1.82, 2.24) is 4.90 Å². The van der Waals surface area contributed by atoms with Crippen LogP contribution < -0.4 is 0 Å². The van der Waals surface area contributed by atoms with Crippen LogP contribution in [0.1, 0.15) is 26.2 Å². The topological polar surface area (TPSA) is 3.24 Å². The SMILES string of the molecule is C[C@@]12C[C@H](F)CN1CC1(CC1(F)F)C2. The monoisotopic (exact) mass is 205 g/mol. The van der Waals surface area contributed by atoms with Crippen molar-refractivity contribution in [3.8, 4) is 0 Å². The largest absolute Gasteiger partial charge is 0.294 e. The molecule has 3 atom stereocenters. The maximum atomic E-state index is 13.1. The van der Waals surface area contributed by atoms with Crippen LogP contribution in [-0.4, -0.2) is 35.6 Å². The van der Waals surface area contributed by atoms with E-state index in [4.69, 9.17) is 0 Å². The third-order valence-electron chi connectivity index (χ3n) is 4.27. The first kappa shape index (κ1) is 9.01. The van der Waals surface area contributed by atoms with Crippen molar-refractivity contribution in [2.45, 2.75) is 43.8 Å². The molecule has 0 N–H and O–H groups in total. The van der Waals surface area contributed by atoms with Crippen LogP contribution in [0.25, 0.3) is 0 Å². The molecule has 1 saturated carbocycles. The molecule has 1 aliphatic carbocycles. The summed E-state index contributed by atoms with van der Waals surface area (Å²) in [6, 6.07) is 0. The molecule has 4 heteroatoms. The van der Waals surface area contributed by atoms with Crippen LogP contribution in [0.4, 0.5) is 13.2 Å². The third-order valence-corrected chi connectivity index (χ3v) is 4.27. The third kappa shape index (κ3) is 0.904. The summed E-state index contributed by atoms with van der Waals surface area (Å²) in [5, 5.41) is 0. The second kappa shape index (κ2) is 2.13. The van der Waals surface area contributed by atoms with Crippen molar-refractivity contribution in [2.75, 3.05) is 13.1 Å². The predicted octanol–water partition coefficient (Wildman–Crippen LogP) is 2.22. The van der Waals surface area contributed by atoms with Crippen molar-refractivity contribution in [2.24, 2.45) is 5.41 Å². The first-order chi connectivity index (χ1) is 6.37. The van der Waals surface area contributed by atoms with Gasteiger partial charge >= 0.3 is 0 Å². The Labute approximate surface area is 81.3 Å². The fourth-order valence-corrected chi connectivity index (χ4v) is 3.46. The Morgan fingerprint density at radius 2 is 1.93 bits per heavy atom.